The van der Waals surface area contributed by atoms with Gasteiger partial charge >= 0.3 is 0 Å². The average Bonchev–Trinajstić information content (AvgIpc) is 2.42. The summed E-state index contributed by atoms with van der Waals surface area (Å²) in [6.07, 6.45) is 8.38. The van der Waals surface area contributed by atoms with E-state index in [1.165, 1.54) is 19.3 Å². The Kier molecular flexibility index (Phi) is 4.76. The molecule has 0 saturated carbocycles. The van der Waals surface area contributed by atoms with Gasteiger partial charge in [0.25, 0.3) is 0 Å². The molecule has 0 aromatic heterocycles. The molecule has 1 aliphatic carbocycles. The van der Waals surface area contributed by atoms with Gasteiger partial charge in [0.15, 0.2) is 5.78 Å². The predicted molar refractivity (Wildman–Crippen MR) is 52.7 cm³/mol. The highest BCUT2D eigenvalue weighted by Crippen LogP contribution is 2.18. The zero-order valence-corrected chi connectivity index (χ0v) is 8.34. The number of hydrogen-bond acceptors (Lipinski definition) is 2. The second-order valence-corrected chi connectivity index (χ2v) is 3.49. The Hall–Kier alpha value is -0.630. The Morgan fingerprint density at radius 3 is 3.08 bits per heavy atom. The molecule has 0 aromatic carbocycles. The maximum atomic E-state index is 11.6. The number of carbonyl (C=O) groups excluding carboxylic acids is 1. The van der Waals surface area contributed by atoms with E-state index in [2.05, 4.69) is 6.08 Å². The lowest BCUT2D eigenvalue weighted by atomic mass is 10.0. The van der Waals surface area contributed by atoms with Crippen LogP contribution in [0.15, 0.2) is 11.6 Å². The normalized spacial score (nSPS) is 17.8. The summed E-state index contributed by atoms with van der Waals surface area (Å²) in [5.41, 5.74) is 1.04. The summed E-state index contributed by atoms with van der Waals surface area (Å²) >= 11 is 0. The number of rotatable bonds is 4. The van der Waals surface area contributed by atoms with Crippen LogP contribution in [0.3, 0.4) is 0 Å². The van der Waals surface area contributed by atoms with Gasteiger partial charge in [0.2, 0.25) is 0 Å². The first kappa shape index (κ1) is 10.5. The van der Waals surface area contributed by atoms with Gasteiger partial charge in [-0.15, -0.1) is 0 Å². The standard InChI is InChI=1S/C11H18O2/c1-13-9-8-11(12)10-6-4-2-3-5-7-10/h6H,2-5,7-9H2,1H3. The molecule has 0 aromatic rings. The second kappa shape index (κ2) is 5.92. The highest BCUT2D eigenvalue weighted by Gasteiger charge is 2.10. The molecule has 0 amide bonds. The first-order chi connectivity index (χ1) is 6.34. The minimum absolute atomic E-state index is 0.281. The Morgan fingerprint density at radius 2 is 2.31 bits per heavy atom. The molecule has 0 unspecified atom stereocenters. The van der Waals surface area contributed by atoms with Crippen molar-refractivity contribution in [3.63, 3.8) is 0 Å². The minimum atomic E-state index is 0.281. The van der Waals surface area contributed by atoms with Crippen LogP contribution in [-0.4, -0.2) is 19.5 Å². The van der Waals surface area contributed by atoms with Gasteiger partial charge in [-0.3, -0.25) is 4.79 Å². The molecular weight excluding hydrogens is 164 g/mol. The summed E-state index contributed by atoms with van der Waals surface area (Å²) in [5, 5.41) is 0. The van der Waals surface area contributed by atoms with Crippen LogP contribution in [0, 0.1) is 0 Å². The number of allylic oxidation sites excluding steroid dienone is 2. The van der Waals surface area contributed by atoms with Crippen LogP contribution >= 0.6 is 0 Å². The molecule has 0 radical (unpaired) electrons. The minimum Gasteiger partial charge on any atom is -0.384 e. The molecule has 0 spiro atoms. The molecule has 1 rings (SSSR count). The predicted octanol–water partition coefficient (Wildman–Crippen LogP) is 2.48. The van der Waals surface area contributed by atoms with Crippen LogP contribution in [0.25, 0.3) is 0 Å². The average molecular weight is 182 g/mol. The van der Waals surface area contributed by atoms with Crippen molar-refractivity contribution in [2.75, 3.05) is 13.7 Å². The van der Waals surface area contributed by atoms with Crippen molar-refractivity contribution in [3.05, 3.63) is 11.6 Å². The van der Waals surface area contributed by atoms with E-state index in [0.717, 1.165) is 18.4 Å². The fourth-order valence-electron chi connectivity index (χ4n) is 1.62. The fourth-order valence-corrected chi connectivity index (χ4v) is 1.62. The topological polar surface area (TPSA) is 26.3 Å². The summed E-state index contributed by atoms with van der Waals surface area (Å²) in [6, 6.07) is 0. The first-order valence-electron chi connectivity index (χ1n) is 5.06. The van der Waals surface area contributed by atoms with Gasteiger partial charge in [-0.25, -0.2) is 0 Å². The molecular formula is C11H18O2. The Balaban J connectivity index is 2.39. The quantitative estimate of drug-likeness (QED) is 0.667. The molecule has 74 valence electrons. The molecule has 13 heavy (non-hydrogen) atoms. The van der Waals surface area contributed by atoms with Gasteiger partial charge in [0, 0.05) is 13.5 Å². The van der Waals surface area contributed by atoms with Crippen LogP contribution in [-0.2, 0) is 9.53 Å². The largest absolute Gasteiger partial charge is 0.384 e. The number of methoxy groups -OCH3 is 1. The maximum Gasteiger partial charge on any atom is 0.160 e. The third-order valence-electron chi connectivity index (χ3n) is 2.43. The SMILES string of the molecule is COCCC(=O)C1=CCCCCC1. The third-order valence-corrected chi connectivity index (χ3v) is 2.43. The third kappa shape index (κ3) is 3.73. The van der Waals surface area contributed by atoms with Crippen molar-refractivity contribution in [2.24, 2.45) is 0 Å². The van der Waals surface area contributed by atoms with Crippen molar-refractivity contribution in [2.45, 2.75) is 38.5 Å². The van der Waals surface area contributed by atoms with E-state index in [1.807, 2.05) is 0 Å². The summed E-state index contributed by atoms with van der Waals surface area (Å²) in [5.74, 6) is 0.281. The lowest BCUT2D eigenvalue weighted by molar-refractivity contribution is -0.116. The van der Waals surface area contributed by atoms with E-state index in [0.29, 0.717) is 13.0 Å². The number of ketones is 1. The van der Waals surface area contributed by atoms with Gasteiger partial charge in [0.1, 0.15) is 0 Å². The molecule has 0 aliphatic heterocycles. The molecule has 2 nitrogen and oxygen atoms in total. The molecule has 0 atom stereocenters. The van der Waals surface area contributed by atoms with E-state index in [9.17, 15) is 4.79 Å². The van der Waals surface area contributed by atoms with Crippen molar-refractivity contribution >= 4 is 5.78 Å². The highest BCUT2D eigenvalue weighted by molar-refractivity contribution is 5.95. The van der Waals surface area contributed by atoms with Gasteiger partial charge in [-0.05, 0) is 31.3 Å². The Morgan fingerprint density at radius 1 is 1.46 bits per heavy atom. The van der Waals surface area contributed by atoms with E-state index in [1.54, 1.807) is 7.11 Å². The maximum absolute atomic E-state index is 11.6. The summed E-state index contributed by atoms with van der Waals surface area (Å²) < 4.78 is 4.89. The van der Waals surface area contributed by atoms with Crippen LogP contribution in [0.4, 0.5) is 0 Å². The van der Waals surface area contributed by atoms with Crippen LogP contribution in [0.5, 0.6) is 0 Å². The lowest BCUT2D eigenvalue weighted by Gasteiger charge is -2.03. The number of Topliss-reactive ketones (excluding diaryl/α,β-unsaturated/α-hetero) is 1. The van der Waals surface area contributed by atoms with Gasteiger partial charge in [0.05, 0.1) is 6.61 Å². The van der Waals surface area contributed by atoms with Gasteiger partial charge < -0.3 is 4.74 Å². The number of carbonyl (C=O) groups is 1. The second-order valence-electron chi connectivity index (χ2n) is 3.49. The first-order valence-corrected chi connectivity index (χ1v) is 5.06. The fraction of sp³-hybridized carbons (Fsp3) is 0.727. The van der Waals surface area contributed by atoms with E-state index in [-0.39, 0.29) is 5.78 Å². The zero-order valence-electron chi connectivity index (χ0n) is 8.34. The van der Waals surface area contributed by atoms with Gasteiger partial charge in [-0.1, -0.05) is 12.5 Å². The van der Waals surface area contributed by atoms with E-state index < -0.39 is 0 Å². The molecule has 1 aliphatic rings. The van der Waals surface area contributed by atoms with Crippen LogP contribution < -0.4 is 0 Å². The lowest BCUT2D eigenvalue weighted by Crippen LogP contribution is -2.05. The smallest absolute Gasteiger partial charge is 0.160 e. The molecule has 0 bridgehead atoms. The molecule has 0 heterocycles. The van der Waals surface area contributed by atoms with E-state index >= 15 is 0 Å². The van der Waals surface area contributed by atoms with Crippen molar-refractivity contribution < 1.29 is 9.53 Å². The Bertz CT molecular complexity index is 194. The highest BCUT2D eigenvalue weighted by atomic mass is 16.5. The zero-order chi connectivity index (χ0) is 9.52. The number of ether oxygens (including phenoxy) is 1. The van der Waals surface area contributed by atoms with E-state index in [4.69, 9.17) is 4.74 Å². The summed E-state index contributed by atoms with van der Waals surface area (Å²) in [4.78, 5) is 11.6. The Labute approximate surface area is 80.0 Å². The molecule has 0 fully saturated rings. The van der Waals surface area contributed by atoms with Crippen molar-refractivity contribution in [1.82, 2.24) is 0 Å². The molecule has 0 N–H and O–H groups in total. The van der Waals surface area contributed by atoms with Crippen molar-refractivity contribution in [3.8, 4) is 0 Å². The van der Waals surface area contributed by atoms with Crippen LogP contribution in [0.1, 0.15) is 38.5 Å². The summed E-state index contributed by atoms with van der Waals surface area (Å²) in [7, 11) is 1.63. The molecule has 0 saturated heterocycles. The van der Waals surface area contributed by atoms with Gasteiger partial charge in [-0.2, -0.15) is 0 Å². The van der Waals surface area contributed by atoms with Crippen molar-refractivity contribution in [1.29, 1.82) is 0 Å². The molecule has 2 heteroatoms. The van der Waals surface area contributed by atoms with Crippen LogP contribution in [0.2, 0.25) is 0 Å². The monoisotopic (exact) mass is 182 g/mol. The number of hydrogen-bond donors (Lipinski definition) is 0. The summed E-state index contributed by atoms with van der Waals surface area (Å²) in [6.45, 7) is 0.552.